The molecule has 3 rings (SSSR count). The van der Waals surface area contributed by atoms with Gasteiger partial charge in [-0.05, 0) is 23.3 Å². The van der Waals surface area contributed by atoms with Gasteiger partial charge in [-0.3, -0.25) is 4.79 Å². The normalized spacial score (nSPS) is 26.2. The second kappa shape index (κ2) is 6.65. The lowest BCUT2D eigenvalue weighted by molar-refractivity contribution is -0.0494. The van der Waals surface area contributed by atoms with Crippen LogP contribution in [0.25, 0.3) is 5.57 Å². The monoisotopic (exact) mass is 352 g/mol. The molecule has 0 radical (unpaired) electrons. The van der Waals surface area contributed by atoms with E-state index in [2.05, 4.69) is 0 Å². The van der Waals surface area contributed by atoms with Gasteiger partial charge in [-0.2, -0.15) is 0 Å². The Kier molecular flexibility index (Phi) is 4.74. The van der Waals surface area contributed by atoms with Crippen LogP contribution >= 0.6 is 11.6 Å². The molecule has 1 saturated heterocycles. The first-order valence-corrected chi connectivity index (χ1v) is 8.37. The fourth-order valence-electron chi connectivity index (χ4n) is 2.88. The minimum Gasteiger partial charge on any atom is -0.338 e. The van der Waals surface area contributed by atoms with E-state index >= 15 is 0 Å². The van der Waals surface area contributed by atoms with E-state index in [1.165, 1.54) is 4.90 Å². The summed E-state index contributed by atoms with van der Waals surface area (Å²) in [6.45, 7) is 0.181. The zero-order valence-corrected chi connectivity index (χ0v) is 13.8. The van der Waals surface area contributed by atoms with Crippen LogP contribution in [-0.4, -0.2) is 41.2 Å². The van der Waals surface area contributed by atoms with Crippen LogP contribution in [0, 0.1) is 0 Å². The summed E-state index contributed by atoms with van der Waals surface area (Å²) in [5.74, 6) is -2.86. The van der Waals surface area contributed by atoms with Gasteiger partial charge in [-0.25, -0.2) is 8.78 Å². The molecule has 1 heterocycles. The molecule has 2 N–H and O–H groups in total. The molecule has 3 nitrogen and oxygen atoms in total. The van der Waals surface area contributed by atoms with E-state index in [4.69, 9.17) is 17.3 Å². The third-order valence-corrected chi connectivity index (χ3v) is 4.87. The van der Waals surface area contributed by atoms with Crippen molar-refractivity contribution in [1.29, 1.82) is 0 Å². The molecular formula is C18H19ClF2N2O. The van der Waals surface area contributed by atoms with Gasteiger partial charge in [0.05, 0.1) is 5.38 Å². The summed E-state index contributed by atoms with van der Waals surface area (Å²) < 4.78 is 26.4. The van der Waals surface area contributed by atoms with Crippen molar-refractivity contribution in [3.05, 3.63) is 53.6 Å². The Labute approximate surface area is 144 Å². The maximum absolute atomic E-state index is 13.2. The third-order valence-electron chi connectivity index (χ3n) is 4.45. The molecule has 2 atom stereocenters. The van der Waals surface area contributed by atoms with Crippen LogP contribution in [0.1, 0.15) is 28.8 Å². The molecule has 2 unspecified atom stereocenters. The van der Waals surface area contributed by atoms with Gasteiger partial charge in [0.25, 0.3) is 11.8 Å². The molecule has 0 saturated carbocycles. The quantitative estimate of drug-likeness (QED) is 0.829. The van der Waals surface area contributed by atoms with Crippen molar-refractivity contribution in [2.75, 3.05) is 13.1 Å². The standard InChI is InChI=1S/C18H19ClF2N2O/c19-15-11-14(5-6-16(15)22)12-1-3-13(4-2-12)17(24)23-9-7-18(20,21)8-10-23/h1-6,11,15-16H,7-10,22H2. The van der Waals surface area contributed by atoms with Crippen LogP contribution in [0.15, 0.2) is 42.5 Å². The second-order valence-electron chi connectivity index (χ2n) is 6.23. The lowest BCUT2D eigenvalue weighted by Crippen LogP contribution is -2.42. The van der Waals surface area contributed by atoms with Crippen LogP contribution in [0.4, 0.5) is 8.78 Å². The van der Waals surface area contributed by atoms with Crippen LogP contribution in [-0.2, 0) is 0 Å². The maximum atomic E-state index is 13.2. The molecule has 6 heteroatoms. The molecule has 2 aliphatic rings. The number of carbonyl (C=O) groups excluding carboxylic acids is 1. The number of allylic oxidation sites excluding steroid dienone is 2. The highest BCUT2D eigenvalue weighted by Crippen LogP contribution is 2.29. The summed E-state index contributed by atoms with van der Waals surface area (Å²) in [5, 5.41) is -0.263. The van der Waals surface area contributed by atoms with Crippen LogP contribution < -0.4 is 5.73 Å². The highest BCUT2D eigenvalue weighted by molar-refractivity contribution is 6.23. The molecular weight excluding hydrogens is 334 g/mol. The summed E-state index contributed by atoms with van der Waals surface area (Å²) in [7, 11) is 0. The molecule has 1 aliphatic heterocycles. The van der Waals surface area contributed by atoms with E-state index in [1.807, 2.05) is 30.4 Å². The Morgan fingerprint density at radius 3 is 2.42 bits per heavy atom. The zero-order chi connectivity index (χ0) is 17.3. The van der Waals surface area contributed by atoms with Crippen molar-refractivity contribution < 1.29 is 13.6 Å². The highest BCUT2D eigenvalue weighted by Gasteiger charge is 2.35. The first kappa shape index (κ1) is 17.1. The van der Waals surface area contributed by atoms with Gasteiger partial charge >= 0.3 is 0 Å². The molecule has 128 valence electrons. The molecule has 1 aromatic carbocycles. The van der Waals surface area contributed by atoms with Crippen molar-refractivity contribution in [3.63, 3.8) is 0 Å². The number of nitrogens with two attached hydrogens (primary N) is 1. The van der Waals surface area contributed by atoms with E-state index < -0.39 is 5.92 Å². The van der Waals surface area contributed by atoms with Gasteiger partial charge in [-0.1, -0.05) is 30.4 Å². The van der Waals surface area contributed by atoms with Crippen molar-refractivity contribution >= 4 is 23.1 Å². The van der Waals surface area contributed by atoms with Crippen LogP contribution in [0.2, 0.25) is 0 Å². The Hall–Kier alpha value is -1.72. The molecule has 0 spiro atoms. The van der Waals surface area contributed by atoms with E-state index in [9.17, 15) is 13.6 Å². The number of amides is 1. The van der Waals surface area contributed by atoms with Gasteiger partial charge < -0.3 is 10.6 Å². The predicted octanol–water partition coefficient (Wildman–Crippen LogP) is 3.45. The minimum atomic E-state index is -2.65. The molecule has 1 aromatic rings. The van der Waals surface area contributed by atoms with Crippen LogP contribution in [0.3, 0.4) is 0 Å². The summed E-state index contributed by atoms with van der Waals surface area (Å²) in [4.78, 5) is 13.9. The van der Waals surface area contributed by atoms with Crippen molar-refractivity contribution in [2.45, 2.75) is 30.2 Å². The fourth-order valence-corrected chi connectivity index (χ4v) is 3.10. The number of halogens is 3. The van der Waals surface area contributed by atoms with Gasteiger partial charge in [0.2, 0.25) is 0 Å². The molecule has 0 aromatic heterocycles. The van der Waals surface area contributed by atoms with E-state index in [0.717, 1.165) is 11.1 Å². The fraction of sp³-hybridized carbons (Fsp3) is 0.389. The number of piperidine rings is 1. The number of benzene rings is 1. The SMILES string of the molecule is NC1C=CC(c2ccc(C(=O)N3CCC(F)(F)CC3)cc2)=CC1Cl. The highest BCUT2D eigenvalue weighted by atomic mass is 35.5. The predicted molar refractivity (Wildman–Crippen MR) is 91.3 cm³/mol. The van der Waals surface area contributed by atoms with Crippen molar-refractivity contribution in [3.8, 4) is 0 Å². The first-order valence-electron chi connectivity index (χ1n) is 7.93. The Morgan fingerprint density at radius 2 is 1.83 bits per heavy atom. The topological polar surface area (TPSA) is 46.3 Å². The summed E-state index contributed by atoms with van der Waals surface area (Å²) >= 11 is 6.14. The average Bonchev–Trinajstić information content (AvgIpc) is 2.57. The Bertz CT molecular complexity index is 675. The second-order valence-corrected chi connectivity index (χ2v) is 6.73. The average molecular weight is 353 g/mol. The third kappa shape index (κ3) is 3.68. The Morgan fingerprint density at radius 1 is 1.21 bits per heavy atom. The molecule has 1 aliphatic carbocycles. The van der Waals surface area contributed by atoms with Gasteiger partial charge in [0.1, 0.15) is 0 Å². The number of rotatable bonds is 2. The first-order chi connectivity index (χ1) is 11.4. The lowest BCUT2D eigenvalue weighted by atomic mass is 9.96. The van der Waals surface area contributed by atoms with Gasteiger partial charge in [0.15, 0.2) is 0 Å². The van der Waals surface area contributed by atoms with Gasteiger partial charge in [-0.15, -0.1) is 11.6 Å². The number of nitrogens with zero attached hydrogens (tertiary/aromatic N) is 1. The molecule has 1 fully saturated rings. The molecule has 1 amide bonds. The van der Waals surface area contributed by atoms with E-state index in [0.29, 0.717) is 5.56 Å². The molecule has 24 heavy (non-hydrogen) atoms. The number of hydrogen-bond acceptors (Lipinski definition) is 2. The molecule has 0 bridgehead atoms. The summed E-state index contributed by atoms with van der Waals surface area (Å²) in [6, 6.07) is 6.91. The summed E-state index contributed by atoms with van der Waals surface area (Å²) in [5.41, 5.74) is 8.21. The summed E-state index contributed by atoms with van der Waals surface area (Å²) in [6.07, 6.45) is 5.10. The van der Waals surface area contributed by atoms with Crippen molar-refractivity contribution in [1.82, 2.24) is 4.90 Å². The lowest BCUT2D eigenvalue weighted by Gasteiger charge is -2.31. The van der Waals surface area contributed by atoms with Crippen LogP contribution in [0.5, 0.6) is 0 Å². The number of likely N-dealkylation sites (tertiary alicyclic amines) is 1. The number of carbonyl (C=O) groups is 1. The zero-order valence-electron chi connectivity index (χ0n) is 13.1. The maximum Gasteiger partial charge on any atom is 0.253 e. The van der Waals surface area contributed by atoms with E-state index in [1.54, 1.807) is 12.1 Å². The number of alkyl halides is 3. The number of hydrogen-bond donors (Lipinski definition) is 1. The van der Waals surface area contributed by atoms with Gasteiger partial charge in [0, 0.05) is 37.5 Å². The van der Waals surface area contributed by atoms with E-state index in [-0.39, 0.29) is 43.3 Å². The minimum absolute atomic E-state index is 0.0906. The Balaban J connectivity index is 1.70. The largest absolute Gasteiger partial charge is 0.338 e. The smallest absolute Gasteiger partial charge is 0.253 e. The van der Waals surface area contributed by atoms with Crippen molar-refractivity contribution in [2.24, 2.45) is 5.73 Å².